The van der Waals surface area contributed by atoms with Gasteiger partial charge in [-0.15, -0.1) is 11.3 Å². The van der Waals surface area contributed by atoms with Gasteiger partial charge < -0.3 is 10.2 Å². The molecule has 9 heteroatoms. The summed E-state index contributed by atoms with van der Waals surface area (Å²) < 4.78 is 13.8. The van der Waals surface area contributed by atoms with Crippen molar-refractivity contribution in [2.75, 3.05) is 18.0 Å². The van der Waals surface area contributed by atoms with Gasteiger partial charge in [0.1, 0.15) is 10.5 Å². The molecule has 3 heterocycles. The number of benzene rings is 2. The van der Waals surface area contributed by atoms with Gasteiger partial charge in [0.05, 0.1) is 11.4 Å². The number of aromatic nitrogens is 2. The van der Waals surface area contributed by atoms with Crippen molar-refractivity contribution in [2.45, 2.75) is 19.4 Å². The molecule has 0 spiro atoms. The number of rotatable bonds is 5. The molecule has 1 aliphatic heterocycles. The van der Waals surface area contributed by atoms with Gasteiger partial charge in [0.25, 0.3) is 5.56 Å². The Hall–Kier alpha value is -3.23. The van der Waals surface area contributed by atoms with Crippen molar-refractivity contribution in [3.05, 3.63) is 80.7 Å². The summed E-state index contributed by atoms with van der Waals surface area (Å²) in [6, 6.07) is 14.0. The highest BCUT2D eigenvalue weighted by Crippen LogP contribution is 2.32. The third-order valence-corrected chi connectivity index (χ3v) is 7.38. The molecule has 34 heavy (non-hydrogen) atoms. The molecule has 1 fully saturated rings. The van der Waals surface area contributed by atoms with Gasteiger partial charge in [-0.25, -0.2) is 9.37 Å². The first-order chi connectivity index (χ1) is 16.5. The standard InChI is InChI=1S/C25H22ClFN4O2S/c26-20-11-18(27)9-8-16(20)12-28-23(32)17-7-4-10-31(13-17)25-29-21-19(15-5-2-1-3-6-15)14-34-22(21)24(33)30-25/h1-3,5-6,8-9,11,14,17H,4,7,10,12-13H2,(H,28,32)(H,29,30,33)/t17-/m0/s1. The van der Waals surface area contributed by atoms with E-state index in [0.717, 1.165) is 24.0 Å². The van der Waals surface area contributed by atoms with Gasteiger partial charge in [-0.05, 0) is 36.1 Å². The number of piperidine rings is 1. The minimum atomic E-state index is -0.414. The number of amides is 1. The number of nitrogens with zero attached hydrogens (tertiary/aromatic N) is 2. The van der Waals surface area contributed by atoms with Crippen LogP contribution >= 0.6 is 22.9 Å². The van der Waals surface area contributed by atoms with Crippen molar-refractivity contribution in [1.82, 2.24) is 15.3 Å². The average Bonchev–Trinajstić information content (AvgIpc) is 3.29. The number of carbonyl (C=O) groups is 1. The number of fused-ring (bicyclic) bond motifs is 1. The zero-order valence-electron chi connectivity index (χ0n) is 18.2. The maximum absolute atomic E-state index is 13.3. The average molecular weight is 497 g/mol. The molecule has 1 aliphatic rings. The van der Waals surface area contributed by atoms with E-state index in [1.54, 1.807) is 6.07 Å². The molecule has 0 bridgehead atoms. The summed E-state index contributed by atoms with van der Waals surface area (Å²) in [5, 5.41) is 5.15. The number of aromatic amines is 1. The second-order valence-electron chi connectivity index (χ2n) is 8.32. The molecule has 2 aromatic carbocycles. The van der Waals surface area contributed by atoms with E-state index in [1.807, 2.05) is 40.6 Å². The molecule has 0 aliphatic carbocycles. The lowest BCUT2D eigenvalue weighted by Gasteiger charge is -2.32. The summed E-state index contributed by atoms with van der Waals surface area (Å²) in [7, 11) is 0. The molecule has 1 saturated heterocycles. The number of anilines is 1. The van der Waals surface area contributed by atoms with Crippen LogP contribution in [0.4, 0.5) is 10.3 Å². The van der Waals surface area contributed by atoms with E-state index in [1.165, 1.54) is 23.5 Å². The fourth-order valence-corrected chi connectivity index (χ4v) is 5.41. The molecule has 0 saturated carbocycles. The molecule has 4 aromatic rings. The second kappa shape index (κ2) is 9.56. The molecule has 2 aromatic heterocycles. The first-order valence-electron chi connectivity index (χ1n) is 11.0. The summed E-state index contributed by atoms with van der Waals surface area (Å²) in [5.41, 5.74) is 3.09. The lowest BCUT2D eigenvalue weighted by molar-refractivity contribution is -0.125. The second-order valence-corrected chi connectivity index (χ2v) is 9.61. The van der Waals surface area contributed by atoms with Crippen LogP contribution in [0.5, 0.6) is 0 Å². The van der Waals surface area contributed by atoms with Gasteiger partial charge in [-0.2, -0.15) is 0 Å². The number of hydrogen-bond acceptors (Lipinski definition) is 5. The molecule has 1 atom stereocenters. The lowest BCUT2D eigenvalue weighted by Crippen LogP contribution is -2.44. The first kappa shape index (κ1) is 22.6. The summed E-state index contributed by atoms with van der Waals surface area (Å²) in [6.07, 6.45) is 1.53. The van der Waals surface area contributed by atoms with Crippen LogP contribution in [0.2, 0.25) is 5.02 Å². The monoisotopic (exact) mass is 496 g/mol. The number of nitrogens with one attached hydrogen (secondary N) is 2. The minimum Gasteiger partial charge on any atom is -0.352 e. The van der Waals surface area contributed by atoms with Gasteiger partial charge in [0.2, 0.25) is 11.9 Å². The number of H-pyrrole nitrogens is 1. The molecule has 0 unspecified atom stereocenters. The first-order valence-corrected chi connectivity index (χ1v) is 12.3. The largest absolute Gasteiger partial charge is 0.352 e. The lowest BCUT2D eigenvalue weighted by atomic mass is 9.97. The summed E-state index contributed by atoms with van der Waals surface area (Å²) >= 11 is 7.45. The van der Waals surface area contributed by atoms with E-state index < -0.39 is 5.82 Å². The van der Waals surface area contributed by atoms with Gasteiger partial charge in [-0.3, -0.25) is 14.6 Å². The topological polar surface area (TPSA) is 78.1 Å². The van der Waals surface area contributed by atoms with E-state index in [0.29, 0.717) is 34.8 Å². The fraction of sp³-hybridized carbons (Fsp3) is 0.240. The molecule has 174 valence electrons. The van der Waals surface area contributed by atoms with Crippen LogP contribution in [0.25, 0.3) is 21.3 Å². The van der Waals surface area contributed by atoms with Crippen LogP contribution in [-0.2, 0) is 11.3 Å². The quantitative estimate of drug-likeness (QED) is 0.408. The Morgan fingerprint density at radius 3 is 2.88 bits per heavy atom. The Kier molecular flexibility index (Phi) is 6.34. The van der Waals surface area contributed by atoms with Crippen LogP contribution in [0.15, 0.2) is 58.7 Å². The molecular formula is C25H22ClFN4O2S. The van der Waals surface area contributed by atoms with Gasteiger partial charge >= 0.3 is 0 Å². The van der Waals surface area contributed by atoms with E-state index >= 15 is 0 Å². The highest BCUT2D eigenvalue weighted by Gasteiger charge is 2.27. The Morgan fingerprint density at radius 2 is 2.09 bits per heavy atom. The van der Waals surface area contributed by atoms with E-state index in [2.05, 4.69) is 10.3 Å². The number of hydrogen-bond donors (Lipinski definition) is 2. The normalized spacial score (nSPS) is 16.1. The fourth-order valence-electron chi connectivity index (χ4n) is 4.26. The summed E-state index contributed by atoms with van der Waals surface area (Å²) in [6.45, 7) is 1.37. The van der Waals surface area contributed by atoms with Crippen LogP contribution < -0.4 is 15.8 Å². The third-order valence-electron chi connectivity index (χ3n) is 6.06. The van der Waals surface area contributed by atoms with Crippen molar-refractivity contribution < 1.29 is 9.18 Å². The smallest absolute Gasteiger partial charge is 0.270 e. The Balaban J connectivity index is 1.34. The molecule has 2 N–H and O–H groups in total. The highest BCUT2D eigenvalue weighted by atomic mass is 35.5. The number of carbonyl (C=O) groups excluding carboxylic acids is 1. The zero-order valence-corrected chi connectivity index (χ0v) is 19.8. The molecule has 5 rings (SSSR count). The van der Waals surface area contributed by atoms with E-state index in [9.17, 15) is 14.0 Å². The zero-order chi connectivity index (χ0) is 23.7. The number of thiophene rings is 1. The van der Waals surface area contributed by atoms with Gasteiger partial charge in [0, 0.05) is 35.6 Å². The maximum atomic E-state index is 13.3. The third kappa shape index (κ3) is 4.56. The predicted molar refractivity (Wildman–Crippen MR) is 134 cm³/mol. The van der Waals surface area contributed by atoms with Crippen molar-refractivity contribution in [3.63, 3.8) is 0 Å². The predicted octanol–water partition coefficient (Wildman–Crippen LogP) is 4.98. The van der Waals surface area contributed by atoms with Crippen molar-refractivity contribution in [3.8, 4) is 11.1 Å². The Labute approximate surface area is 204 Å². The van der Waals surface area contributed by atoms with Crippen LogP contribution in [0.3, 0.4) is 0 Å². The number of halogens is 2. The molecule has 6 nitrogen and oxygen atoms in total. The maximum Gasteiger partial charge on any atom is 0.270 e. The Bertz CT molecular complexity index is 1410. The van der Waals surface area contributed by atoms with Crippen LogP contribution in [0.1, 0.15) is 18.4 Å². The van der Waals surface area contributed by atoms with Crippen molar-refractivity contribution in [1.29, 1.82) is 0 Å². The van der Waals surface area contributed by atoms with Gasteiger partial charge in [0.15, 0.2) is 0 Å². The molecule has 1 amide bonds. The minimum absolute atomic E-state index is 0.103. The Morgan fingerprint density at radius 1 is 1.26 bits per heavy atom. The van der Waals surface area contributed by atoms with E-state index in [4.69, 9.17) is 16.6 Å². The SMILES string of the molecule is O=C(NCc1ccc(F)cc1Cl)[C@H]1CCCN(c2nc3c(-c4ccccc4)csc3c(=O)[nH]2)C1. The van der Waals surface area contributed by atoms with Crippen molar-refractivity contribution >= 4 is 45.0 Å². The molecular weight excluding hydrogens is 475 g/mol. The van der Waals surface area contributed by atoms with Crippen LogP contribution in [0, 0.1) is 11.7 Å². The highest BCUT2D eigenvalue weighted by molar-refractivity contribution is 7.17. The summed E-state index contributed by atoms with van der Waals surface area (Å²) in [5.74, 6) is -0.297. The van der Waals surface area contributed by atoms with Crippen LogP contribution in [-0.4, -0.2) is 29.0 Å². The molecule has 0 radical (unpaired) electrons. The summed E-state index contributed by atoms with van der Waals surface area (Å²) in [4.78, 5) is 35.3. The van der Waals surface area contributed by atoms with Gasteiger partial charge in [-0.1, -0.05) is 48.0 Å². The van der Waals surface area contributed by atoms with Crippen molar-refractivity contribution in [2.24, 2.45) is 5.92 Å². The van der Waals surface area contributed by atoms with E-state index in [-0.39, 0.29) is 29.0 Å².